The number of carbonyl (C=O) groups is 2. The van der Waals surface area contributed by atoms with Gasteiger partial charge in [-0.05, 0) is 31.2 Å². The van der Waals surface area contributed by atoms with Crippen LogP contribution in [0, 0.1) is 0 Å². The summed E-state index contributed by atoms with van der Waals surface area (Å²) in [5, 5.41) is 2.65. The Morgan fingerprint density at radius 3 is 2.58 bits per heavy atom. The van der Waals surface area contributed by atoms with E-state index in [0.29, 0.717) is 16.7 Å². The number of para-hydroxylation sites is 1. The Morgan fingerprint density at radius 2 is 1.79 bits per heavy atom. The fourth-order valence-electron chi connectivity index (χ4n) is 2.11. The van der Waals surface area contributed by atoms with Crippen molar-refractivity contribution in [2.24, 2.45) is 0 Å². The lowest BCUT2D eigenvalue weighted by atomic mass is 10.2. The lowest BCUT2D eigenvalue weighted by Gasteiger charge is -2.14. The van der Waals surface area contributed by atoms with E-state index in [0.717, 1.165) is 0 Å². The lowest BCUT2D eigenvalue weighted by molar-refractivity contribution is -0.123. The normalized spacial score (nSPS) is 11.7. The van der Waals surface area contributed by atoms with Gasteiger partial charge in [0.15, 0.2) is 6.10 Å². The van der Waals surface area contributed by atoms with Crippen molar-refractivity contribution < 1.29 is 14.3 Å². The zero-order valence-corrected chi connectivity index (χ0v) is 12.8. The molecule has 120 valence electrons. The van der Waals surface area contributed by atoms with E-state index in [-0.39, 0.29) is 5.56 Å². The molecule has 1 atom stereocenters. The third-order valence-electron chi connectivity index (χ3n) is 3.32. The fraction of sp³-hybridized carbons (Fsp3) is 0.118. The van der Waals surface area contributed by atoms with Crippen molar-refractivity contribution in [3.05, 3.63) is 60.7 Å². The zero-order valence-electron chi connectivity index (χ0n) is 12.8. The number of hydrogen-bond acceptors (Lipinski definition) is 6. The standard InChI is InChI=1S/C17H14N4O3/c1-11(16(22)21-12-5-7-18-8-6-12)24-17(23)13-3-2-4-14-15(13)20-10-9-19-14/h2-11H,1H3,(H,18,21,22). The minimum Gasteiger partial charge on any atom is -0.449 e. The summed E-state index contributed by atoms with van der Waals surface area (Å²) in [4.78, 5) is 36.6. The Bertz CT molecular complexity index is 878. The van der Waals surface area contributed by atoms with Gasteiger partial charge in [0.2, 0.25) is 0 Å². The topological polar surface area (TPSA) is 94.1 Å². The number of nitrogens with one attached hydrogen (secondary N) is 1. The van der Waals surface area contributed by atoms with Gasteiger partial charge in [0, 0.05) is 30.5 Å². The molecule has 0 radical (unpaired) electrons. The molecule has 3 rings (SSSR count). The molecule has 1 unspecified atom stereocenters. The second-order valence-electron chi connectivity index (χ2n) is 5.00. The van der Waals surface area contributed by atoms with E-state index < -0.39 is 18.0 Å². The van der Waals surface area contributed by atoms with E-state index in [2.05, 4.69) is 20.3 Å². The number of carbonyl (C=O) groups excluding carboxylic acids is 2. The second-order valence-corrected chi connectivity index (χ2v) is 5.00. The molecule has 0 aliphatic carbocycles. The van der Waals surface area contributed by atoms with Gasteiger partial charge in [0.1, 0.15) is 5.52 Å². The van der Waals surface area contributed by atoms with Crippen molar-refractivity contribution in [1.29, 1.82) is 0 Å². The van der Waals surface area contributed by atoms with Crippen molar-refractivity contribution in [3.8, 4) is 0 Å². The molecule has 7 nitrogen and oxygen atoms in total. The molecule has 0 aliphatic rings. The molecule has 0 saturated heterocycles. The Balaban J connectivity index is 1.72. The number of ether oxygens (including phenoxy) is 1. The first-order chi connectivity index (χ1) is 11.6. The Labute approximate surface area is 137 Å². The summed E-state index contributed by atoms with van der Waals surface area (Å²) in [6.07, 6.45) is 5.20. The number of rotatable bonds is 4. The predicted octanol–water partition coefficient (Wildman–Crippen LogP) is 2.21. The summed E-state index contributed by atoms with van der Waals surface area (Å²) in [6.45, 7) is 1.51. The van der Waals surface area contributed by atoms with Gasteiger partial charge in [-0.15, -0.1) is 0 Å². The summed E-state index contributed by atoms with van der Waals surface area (Å²) in [6, 6.07) is 8.32. The molecule has 1 aromatic carbocycles. The number of amides is 1. The van der Waals surface area contributed by atoms with Crippen LogP contribution in [0.5, 0.6) is 0 Å². The number of benzene rings is 1. The van der Waals surface area contributed by atoms with Crippen LogP contribution in [-0.2, 0) is 9.53 Å². The van der Waals surface area contributed by atoms with E-state index in [1.165, 1.54) is 13.1 Å². The second kappa shape index (κ2) is 6.82. The average molecular weight is 322 g/mol. The lowest BCUT2D eigenvalue weighted by Crippen LogP contribution is -2.30. The van der Waals surface area contributed by atoms with Gasteiger partial charge in [-0.2, -0.15) is 0 Å². The number of nitrogens with zero attached hydrogens (tertiary/aromatic N) is 3. The van der Waals surface area contributed by atoms with E-state index >= 15 is 0 Å². The summed E-state index contributed by atoms with van der Waals surface area (Å²) < 4.78 is 5.24. The molecule has 2 aromatic heterocycles. The van der Waals surface area contributed by atoms with Crippen LogP contribution in [0.2, 0.25) is 0 Å². The maximum Gasteiger partial charge on any atom is 0.341 e. The van der Waals surface area contributed by atoms with Crippen LogP contribution in [0.3, 0.4) is 0 Å². The minimum absolute atomic E-state index is 0.268. The van der Waals surface area contributed by atoms with Crippen molar-refractivity contribution in [2.75, 3.05) is 5.32 Å². The van der Waals surface area contributed by atoms with Gasteiger partial charge < -0.3 is 10.1 Å². The molecule has 2 heterocycles. The van der Waals surface area contributed by atoms with Gasteiger partial charge >= 0.3 is 5.97 Å². The number of pyridine rings is 1. The molecule has 1 N–H and O–H groups in total. The van der Waals surface area contributed by atoms with Gasteiger partial charge in [-0.3, -0.25) is 19.7 Å². The molecule has 0 aliphatic heterocycles. The number of hydrogen-bond donors (Lipinski definition) is 1. The van der Waals surface area contributed by atoms with Gasteiger partial charge in [0.25, 0.3) is 5.91 Å². The first-order valence-electron chi connectivity index (χ1n) is 7.27. The Kier molecular flexibility index (Phi) is 4.42. The number of anilines is 1. The van der Waals surface area contributed by atoms with Crippen molar-refractivity contribution in [2.45, 2.75) is 13.0 Å². The Hall–Kier alpha value is -3.35. The first-order valence-corrected chi connectivity index (χ1v) is 7.27. The van der Waals surface area contributed by atoms with E-state index in [9.17, 15) is 9.59 Å². The largest absolute Gasteiger partial charge is 0.449 e. The summed E-state index contributed by atoms with van der Waals surface area (Å²) >= 11 is 0. The molecule has 1 amide bonds. The van der Waals surface area contributed by atoms with Crippen LogP contribution < -0.4 is 5.32 Å². The molecular formula is C17H14N4O3. The molecule has 7 heteroatoms. The van der Waals surface area contributed by atoms with Crippen LogP contribution in [0.4, 0.5) is 5.69 Å². The van der Waals surface area contributed by atoms with Crippen LogP contribution in [0.15, 0.2) is 55.1 Å². The maximum atomic E-state index is 12.3. The van der Waals surface area contributed by atoms with Crippen LogP contribution in [-0.4, -0.2) is 32.9 Å². The minimum atomic E-state index is -0.961. The number of esters is 1. The predicted molar refractivity (Wildman–Crippen MR) is 87.3 cm³/mol. The average Bonchev–Trinajstić information content (AvgIpc) is 2.62. The highest BCUT2D eigenvalue weighted by Gasteiger charge is 2.21. The van der Waals surface area contributed by atoms with Gasteiger partial charge in [-0.25, -0.2) is 4.79 Å². The molecular weight excluding hydrogens is 308 g/mol. The van der Waals surface area contributed by atoms with Crippen molar-refractivity contribution >= 4 is 28.6 Å². The first kappa shape index (κ1) is 15.5. The molecule has 24 heavy (non-hydrogen) atoms. The van der Waals surface area contributed by atoms with Crippen LogP contribution in [0.25, 0.3) is 11.0 Å². The van der Waals surface area contributed by atoms with Crippen molar-refractivity contribution in [1.82, 2.24) is 15.0 Å². The third-order valence-corrected chi connectivity index (χ3v) is 3.32. The van der Waals surface area contributed by atoms with E-state index in [4.69, 9.17) is 4.74 Å². The summed E-state index contributed by atoms with van der Waals surface area (Å²) in [7, 11) is 0. The monoisotopic (exact) mass is 322 g/mol. The van der Waals surface area contributed by atoms with Gasteiger partial charge in [-0.1, -0.05) is 6.07 Å². The van der Waals surface area contributed by atoms with Crippen LogP contribution in [0.1, 0.15) is 17.3 Å². The summed E-state index contributed by atoms with van der Waals surface area (Å²) in [5.74, 6) is -1.06. The Morgan fingerprint density at radius 1 is 1.04 bits per heavy atom. The quantitative estimate of drug-likeness (QED) is 0.740. The molecule has 0 fully saturated rings. The van der Waals surface area contributed by atoms with Gasteiger partial charge in [0.05, 0.1) is 11.1 Å². The number of fused-ring (bicyclic) bond motifs is 1. The van der Waals surface area contributed by atoms with Crippen LogP contribution >= 0.6 is 0 Å². The highest BCUT2D eigenvalue weighted by molar-refractivity contribution is 6.03. The molecule has 0 spiro atoms. The third kappa shape index (κ3) is 3.35. The molecule has 0 saturated carbocycles. The van der Waals surface area contributed by atoms with E-state index in [1.807, 2.05) is 0 Å². The number of aromatic nitrogens is 3. The maximum absolute atomic E-state index is 12.3. The molecule has 0 bridgehead atoms. The highest BCUT2D eigenvalue weighted by atomic mass is 16.5. The summed E-state index contributed by atoms with van der Waals surface area (Å²) in [5.41, 5.74) is 1.87. The highest BCUT2D eigenvalue weighted by Crippen LogP contribution is 2.16. The SMILES string of the molecule is CC(OC(=O)c1cccc2nccnc12)C(=O)Nc1ccncc1. The molecule has 3 aromatic rings. The van der Waals surface area contributed by atoms with E-state index in [1.54, 1.807) is 48.9 Å². The fourth-order valence-corrected chi connectivity index (χ4v) is 2.11. The smallest absolute Gasteiger partial charge is 0.341 e. The zero-order chi connectivity index (χ0) is 16.9. The van der Waals surface area contributed by atoms with Crippen molar-refractivity contribution in [3.63, 3.8) is 0 Å².